The number of carbonyl (C=O) groups is 1. The van der Waals surface area contributed by atoms with Gasteiger partial charge in [0.25, 0.3) is 0 Å². The van der Waals surface area contributed by atoms with Crippen LogP contribution in [0.3, 0.4) is 0 Å². The van der Waals surface area contributed by atoms with E-state index in [1.807, 2.05) is 30.0 Å². The molecule has 0 radical (unpaired) electrons. The number of alkyl halides is 1. The average Bonchev–Trinajstić information content (AvgIpc) is 2.82. The Morgan fingerprint density at radius 1 is 1.42 bits per heavy atom. The number of amides is 1. The highest BCUT2D eigenvalue weighted by atomic mass is 35.5. The Morgan fingerprint density at radius 2 is 2.06 bits per heavy atom. The van der Waals surface area contributed by atoms with Crippen LogP contribution >= 0.6 is 35.0 Å². The molecule has 1 heterocycles. The second-order valence-electron chi connectivity index (χ2n) is 6.75. The molecule has 7 nitrogen and oxygen atoms in total. The number of hydrogen-bond acceptors (Lipinski definition) is 7. The van der Waals surface area contributed by atoms with Crippen LogP contribution in [0.25, 0.3) is 0 Å². The Labute approximate surface area is 211 Å². The number of rotatable bonds is 9. The molecule has 1 aromatic carbocycles. The number of carbonyl (C=O) groups excluding carboxylic acids is 1. The second-order valence-corrected chi connectivity index (χ2v) is 8.40. The zero-order valence-electron chi connectivity index (χ0n) is 19.3. The van der Waals surface area contributed by atoms with Gasteiger partial charge in [0.05, 0.1) is 18.0 Å². The van der Waals surface area contributed by atoms with Gasteiger partial charge in [0.2, 0.25) is 5.91 Å². The van der Waals surface area contributed by atoms with Crippen LogP contribution in [-0.4, -0.2) is 78.8 Å². The van der Waals surface area contributed by atoms with Crippen LogP contribution in [0, 0.1) is 17.8 Å². The summed E-state index contributed by atoms with van der Waals surface area (Å²) in [6.07, 6.45) is 4.60. The number of thioether (sulfide) groups is 1. The maximum Gasteiger partial charge on any atom is 0.243 e. The van der Waals surface area contributed by atoms with Gasteiger partial charge < -0.3 is 14.5 Å². The monoisotopic (exact) mass is 511 g/mol. The lowest BCUT2D eigenvalue weighted by Crippen LogP contribution is -2.51. The van der Waals surface area contributed by atoms with Crippen molar-refractivity contribution in [3.8, 4) is 18.1 Å². The van der Waals surface area contributed by atoms with Crippen LogP contribution in [0.4, 0.5) is 5.69 Å². The summed E-state index contributed by atoms with van der Waals surface area (Å²) in [5, 5.41) is 16.4. The molecule has 1 amide bonds. The number of nitrogens with one attached hydrogen (secondary N) is 1. The molecule has 0 bridgehead atoms. The van der Waals surface area contributed by atoms with Crippen LogP contribution in [0.2, 0.25) is 5.02 Å². The number of nitrogens with zero attached hydrogens (tertiary/aromatic N) is 4. The van der Waals surface area contributed by atoms with Gasteiger partial charge >= 0.3 is 0 Å². The lowest BCUT2D eigenvalue weighted by Gasteiger charge is -2.37. The fourth-order valence-electron chi connectivity index (χ4n) is 2.99. The zero-order chi connectivity index (χ0) is 24.8. The van der Waals surface area contributed by atoms with E-state index in [9.17, 15) is 4.79 Å². The summed E-state index contributed by atoms with van der Waals surface area (Å²) in [4.78, 5) is 16.8. The summed E-state index contributed by atoms with van der Waals surface area (Å²) in [6.45, 7) is 10.5. The van der Waals surface area contributed by atoms with Crippen LogP contribution in [0.1, 0.15) is 13.8 Å². The quantitative estimate of drug-likeness (QED) is 0.175. The fourth-order valence-corrected chi connectivity index (χ4v) is 3.86. The standard InChI is InChI=1S/C20H27Cl2N5O2S.C3H4/c1-4-27(24-17(13-21)20(23)30-5-2)14-19(28)26-10-8-25(9-11-26)15-6-7-16(22)18(12-15)29-3;1-3-2/h5-7,12,23H,2,4,8-11,13-14H2,1,3H3;1H,2H3/b23-20?,24-17+;. The summed E-state index contributed by atoms with van der Waals surface area (Å²) in [5.41, 5.74) is 1.45. The van der Waals surface area contributed by atoms with E-state index in [0.717, 1.165) is 30.5 Å². The molecule has 0 aliphatic carbocycles. The first-order chi connectivity index (χ1) is 15.8. The summed E-state index contributed by atoms with van der Waals surface area (Å²) in [5.74, 6) is 3.00. The van der Waals surface area contributed by atoms with Gasteiger partial charge in [0.15, 0.2) is 0 Å². The van der Waals surface area contributed by atoms with Crippen molar-refractivity contribution in [2.24, 2.45) is 5.10 Å². The number of terminal acetylenes is 1. The molecule has 1 aliphatic heterocycles. The average molecular weight is 513 g/mol. The number of hydrogen-bond donors (Lipinski definition) is 1. The minimum Gasteiger partial charge on any atom is -0.495 e. The Kier molecular flexibility index (Phi) is 13.5. The summed E-state index contributed by atoms with van der Waals surface area (Å²) in [6, 6.07) is 5.69. The molecular formula is C23H31Cl2N5O2S. The SMILES string of the molecule is C#CC.C=CSC(=N)/C(CCl)=N/N(CC)CC(=O)N1CCN(c2ccc(Cl)c(OC)c2)CC1. The molecule has 0 atom stereocenters. The molecule has 0 aromatic heterocycles. The minimum atomic E-state index is 0.00534. The third-order valence-corrected chi connectivity index (χ3v) is 5.87. The number of likely N-dealkylation sites (N-methyl/N-ethyl adjacent to an activating group) is 1. The topological polar surface area (TPSA) is 72.2 Å². The number of benzene rings is 1. The number of ether oxygens (including phenoxy) is 1. The van der Waals surface area contributed by atoms with Gasteiger partial charge in [0, 0.05) is 44.5 Å². The first kappa shape index (κ1) is 28.7. The van der Waals surface area contributed by atoms with E-state index in [0.29, 0.717) is 36.1 Å². The third-order valence-electron chi connectivity index (χ3n) is 4.67. The van der Waals surface area contributed by atoms with E-state index in [2.05, 4.69) is 28.9 Å². The number of halogens is 2. The Balaban J connectivity index is 0.00000172. The van der Waals surface area contributed by atoms with Crippen LogP contribution in [-0.2, 0) is 4.79 Å². The first-order valence-corrected chi connectivity index (χ1v) is 12.1. The van der Waals surface area contributed by atoms with Crippen molar-refractivity contribution >= 4 is 57.3 Å². The predicted octanol–water partition coefficient (Wildman–Crippen LogP) is 4.41. The minimum absolute atomic E-state index is 0.00534. The molecule has 0 spiro atoms. The van der Waals surface area contributed by atoms with Gasteiger partial charge in [0.1, 0.15) is 23.0 Å². The Morgan fingerprint density at radius 3 is 2.58 bits per heavy atom. The third kappa shape index (κ3) is 9.20. The number of piperazine rings is 1. The lowest BCUT2D eigenvalue weighted by molar-refractivity contribution is -0.132. The number of hydrazone groups is 1. The molecular weight excluding hydrogens is 481 g/mol. The van der Waals surface area contributed by atoms with E-state index < -0.39 is 0 Å². The van der Waals surface area contributed by atoms with Gasteiger partial charge in [-0.05, 0) is 31.4 Å². The van der Waals surface area contributed by atoms with Gasteiger partial charge in [-0.2, -0.15) is 5.10 Å². The van der Waals surface area contributed by atoms with Crippen molar-refractivity contribution in [3.05, 3.63) is 35.2 Å². The molecule has 1 fully saturated rings. The maximum atomic E-state index is 12.8. The Hall–Kier alpha value is -2.34. The van der Waals surface area contributed by atoms with Crippen molar-refractivity contribution in [1.29, 1.82) is 5.41 Å². The van der Waals surface area contributed by atoms with E-state index in [1.54, 1.807) is 24.5 Å². The highest BCUT2D eigenvalue weighted by molar-refractivity contribution is 8.18. The highest BCUT2D eigenvalue weighted by Crippen LogP contribution is 2.29. The Bertz CT molecular complexity index is 880. The molecule has 10 heteroatoms. The van der Waals surface area contributed by atoms with Gasteiger partial charge in [-0.1, -0.05) is 29.9 Å². The van der Waals surface area contributed by atoms with E-state index >= 15 is 0 Å². The highest BCUT2D eigenvalue weighted by Gasteiger charge is 2.23. The van der Waals surface area contributed by atoms with Crippen molar-refractivity contribution in [2.75, 3.05) is 57.2 Å². The van der Waals surface area contributed by atoms with Crippen molar-refractivity contribution in [1.82, 2.24) is 9.91 Å². The van der Waals surface area contributed by atoms with Crippen LogP contribution in [0.5, 0.6) is 5.75 Å². The van der Waals surface area contributed by atoms with Crippen molar-refractivity contribution in [3.63, 3.8) is 0 Å². The summed E-state index contributed by atoms with van der Waals surface area (Å²) in [7, 11) is 1.59. The number of methoxy groups -OCH3 is 1. The zero-order valence-corrected chi connectivity index (χ0v) is 21.6. The van der Waals surface area contributed by atoms with Crippen LogP contribution < -0.4 is 9.64 Å². The van der Waals surface area contributed by atoms with Crippen molar-refractivity contribution in [2.45, 2.75) is 13.8 Å². The number of anilines is 1. The van der Waals surface area contributed by atoms with Crippen molar-refractivity contribution < 1.29 is 9.53 Å². The molecule has 1 saturated heterocycles. The largest absolute Gasteiger partial charge is 0.495 e. The van der Waals surface area contributed by atoms with E-state index in [1.165, 1.54) is 0 Å². The maximum absolute atomic E-state index is 12.8. The molecule has 0 saturated carbocycles. The van der Waals surface area contributed by atoms with Crippen LogP contribution in [0.15, 0.2) is 35.3 Å². The normalized spacial score (nSPS) is 13.4. The first-order valence-electron chi connectivity index (χ1n) is 10.3. The summed E-state index contributed by atoms with van der Waals surface area (Å²) < 4.78 is 5.29. The molecule has 1 aliphatic rings. The van der Waals surface area contributed by atoms with Gasteiger partial charge in [-0.25, -0.2) is 0 Å². The summed E-state index contributed by atoms with van der Waals surface area (Å²) >= 11 is 13.2. The predicted molar refractivity (Wildman–Crippen MR) is 142 cm³/mol. The lowest BCUT2D eigenvalue weighted by atomic mass is 10.2. The molecule has 33 heavy (non-hydrogen) atoms. The molecule has 1 N–H and O–H groups in total. The van der Waals surface area contributed by atoms with Gasteiger partial charge in [-0.15, -0.1) is 23.9 Å². The molecule has 0 unspecified atom stereocenters. The molecule has 1 aromatic rings. The van der Waals surface area contributed by atoms with E-state index in [4.69, 9.17) is 33.3 Å². The fraction of sp³-hybridized carbons (Fsp3) is 0.435. The molecule has 180 valence electrons. The molecule has 2 rings (SSSR count). The van der Waals surface area contributed by atoms with E-state index in [-0.39, 0.29) is 23.4 Å². The van der Waals surface area contributed by atoms with Gasteiger partial charge in [-0.3, -0.25) is 15.2 Å². The second kappa shape index (κ2) is 15.5. The smallest absolute Gasteiger partial charge is 0.243 e.